The van der Waals surface area contributed by atoms with Gasteiger partial charge < -0.3 is 89.7 Å². The number of nitriles is 1. The number of phenolic OH excluding ortho intramolecular Hbond substituents is 12. The third kappa shape index (κ3) is 6.56. The van der Waals surface area contributed by atoms with Crippen molar-refractivity contribution >= 4 is 23.9 Å². The highest BCUT2D eigenvalue weighted by Crippen LogP contribution is 2.55. The Morgan fingerprint density at radius 1 is 0.557 bits per heavy atom. The van der Waals surface area contributed by atoms with Crippen molar-refractivity contribution in [2.45, 2.75) is 37.6 Å². The largest absolute Gasteiger partial charge is 0.504 e. The molecule has 3 aliphatic rings. The Labute approximate surface area is 338 Å². The van der Waals surface area contributed by atoms with Crippen LogP contribution in [0.15, 0.2) is 24.3 Å². The molecule has 12 N–H and O–H groups in total. The SMILES string of the molecule is CC(C#N)CO[C@@H]1O[C@@H]2COC(=O)c3cc(O)c(O)c(O)c3-c3c(cc(O)c(O)c3O)C(=O)O[C@@H]3[C@H]1OC(=O)c1cc(O)c(O)c(O)c1-c1c(cc(O)c(O)c1O)C(=O)O[C@@H]32. The second-order valence-corrected chi connectivity index (χ2v) is 13.7. The first kappa shape index (κ1) is 40.9. The van der Waals surface area contributed by atoms with Crippen LogP contribution in [0.3, 0.4) is 0 Å². The lowest BCUT2D eigenvalue weighted by molar-refractivity contribution is -0.299. The van der Waals surface area contributed by atoms with E-state index in [4.69, 9.17) is 28.4 Å². The van der Waals surface area contributed by atoms with Gasteiger partial charge in [0.15, 0.2) is 70.6 Å². The first-order valence-electron chi connectivity index (χ1n) is 17.4. The van der Waals surface area contributed by atoms with Crippen LogP contribution in [-0.4, -0.2) is 129 Å². The number of rotatable bonds is 3. The highest BCUT2D eigenvalue weighted by atomic mass is 16.7. The number of carbonyl (C=O) groups is 4. The summed E-state index contributed by atoms with van der Waals surface area (Å²) in [6.07, 6.45) is -10.6. The maximum absolute atomic E-state index is 14.4. The molecule has 0 saturated carbocycles. The van der Waals surface area contributed by atoms with Crippen molar-refractivity contribution in [3.63, 3.8) is 0 Å². The minimum absolute atomic E-state index is 0.453. The minimum Gasteiger partial charge on any atom is -0.504 e. The molecule has 1 unspecified atom stereocenters. The summed E-state index contributed by atoms with van der Waals surface area (Å²) in [7, 11) is 0. The fraction of sp³-hybridized carbons (Fsp3) is 0.237. The van der Waals surface area contributed by atoms with E-state index in [1.165, 1.54) is 6.92 Å². The van der Waals surface area contributed by atoms with Crippen LogP contribution in [0.25, 0.3) is 22.3 Å². The van der Waals surface area contributed by atoms with E-state index in [2.05, 4.69) is 0 Å². The van der Waals surface area contributed by atoms with Gasteiger partial charge >= 0.3 is 23.9 Å². The maximum atomic E-state index is 14.4. The van der Waals surface area contributed by atoms with Gasteiger partial charge in [-0.05, 0) is 31.2 Å². The predicted octanol–water partition coefficient (Wildman–Crippen LogP) is 1.85. The first-order valence-corrected chi connectivity index (χ1v) is 17.4. The second kappa shape index (κ2) is 14.9. The molecule has 1 fully saturated rings. The molecule has 23 nitrogen and oxygen atoms in total. The topological polar surface area (TPSA) is 390 Å². The van der Waals surface area contributed by atoms with Gasteiger partial charge in [-0.25, -0.2) is 19.2 Å². The molecule has 4 aromatic carbocycles. The van der Waals surface area contributed by atoms with Crippen molar-refractivity contribution in [3.8, 4) is 97.3 Å². The fourth-order valence-corrected chi connectivity index (χ4v) is 6.86. The zero-order valence-electron chi connectivity index (χ0n) is 30.6. The number of aromatic hydroxyl groups is 12. The molecule has 0 radical (unpaired) electrons. The first-order chi connectivity index (χ1) is 28.8. The molecule has 6 atom stereocenters. The van der Waals surface area contributed by atoms with Crippen molar-refractivity contribution in [2.24, 2.45) is 5.92 Å². The van der Waals surface area contributed by atoms with E-state index < -0.39 is 187 Å². The Morgan fingerprint density at radius 2 is 0.902 bits per heavy atom. The molecule has 3 heterocycles. The molecule has 0 aromatic heterocycles. The number of ether oxygens (including phenoxy) is 6. The van der Waals surface area contributed by atoms with E-state index in [9.17, 15) is 85.7 Å². The summed E-state index contributed by atoms with van der Waals surface area (Å²) in [6, 6.07) is 3.80. The third-order valence-electron chi connectivity index (χ3n) is 9.83. The van der Waals surface area contributed by atoms with Crippen LogP contribution in [0.5, 0.6) is 69.0 Å². The molecule has 61 heavy (non-hydrogen) atoms. The van der Waals surface area contributed by atoms with Crippen LogP contribution >= 0.6 is 0 Å². The Hall–Kier alpha value is -8.23. The van der Waals surface area contributed by atoms with Gasteiger partial charge in [-0.1, -0.05) is 0 Å². The van der Waals surface area contributed by atoms with Crippen LogP contribution in [0.1, 0.15) is 48.4 Å². The van der Waals surface area contributed by atoms with Gasteiger partial charge in [0.1, 0.15) is 12.7 Å². The van der Waals surface area contributed by atoms with E-state index in [1.54, 1.807) is 0 Å². The molecule has 23 heteroatoms. The number of hydrogen-bond donors (Lipinski definition) is 12. The zero-order valence-corrected chi connectivity index (χ0v) is 30.6. The van der Waals surface area contributed by atoms with Gasteiger partial charge in [-0.3, -0.25) is 0 Å². The average Bonchev–Trinajstić information content (AvgIpc) is 3.23. The third-order valence-corrected chi connectivity index (χ3v) is 9.83. The lowest BCUT2D eigenvalue weighted by atomic mass is 9.91. The number of hydrogen-bond acceptors (Lipinski definition) is 23. The van der Waals surface area contributed by atoms with Crippen molar-refractivity contribution in [3.05, 3.63) is 46.5 Å². The lowest BCUT2D eigenvalue weighted by Crippen LogP contribution is -2.63. The molecule has 0 amide bonds. The van der Waals surface area contributed by atoms with E-state index in [1.807, 2.05) is 6.07 Å². The van der Waals surface area contributed by atoms with Gasteiger partial charge in [0.25, 0.3) is 0 Å². The van der Waals surface area contributed by atoms with Gasteiger partial charge in [-0.15, -0.1) is 0 Å². The van der Waals surface area contributed by atoms with Gasteiger partial charge in [0.05, 0.1) is 40.8 Å². The molecule has 1 saturated heterocycles. The molecule has 318 valence electrons. The summed E-state index contributed by atoms with van der Waals surface area (Å²) >= 11 is 0. The van der Waals surface area contributed by atoms with Crippen molar-refractivity contribution < 1.29 is 109 Å². The van der Waals surface area contributed by atoms with Crippen molar-refractivity contribution in [1.82, 2.24) is 0 Å². The summed E-state index contributed by atoms with van der Waals surface area (Å²) in [5.41, 5.74) is -8.01. The van der Waals surface area contributed by atoms with E-state index >= 15 is 0 Å². The number of nitrogens with zero attached hydrogens (tertiary/aromatic N) is 1. The summed E-state index contributed by atoms with van der Waals surface area (Å²) < 4.78 is 34.4. The fourth-order valence-electron chi connectivity index (χ4n) is 6.86. The van der Waals surface area contributed by atoms with E-state index in [0.29, 0.717) is 24.3 Å². The minimum atomic E-state index is -2.28. The molecule has 4 bridgehead atoms. The smallest absolute Gasteiger partial charge is 0.339 e. The quantitative estimate of drug-likeness (QED) is 0.0794. The molecule has 3 aliphatic heterocycles. The highest BCUT2D eigenvalue weighted by Gasteiger charge is 2.55. The number of carbonyl (C=O) groups excluding carboxylic acids is 4. The Kier molecular flexibility index (Phi) is 9.97. The second-order valence-electron chi connectivity index (χ2n) is 13.7. The molecule has 0 spiro atoms. The number of phenols is 12. The number of fused-ring (bicyclic) bond motifs is 6. The maximum Gasteiger partial charge on any atom is 0.339 e. The van der Waals surface area contributed by atoms with Crippen molar-refractivity contribution in [1.29, 1.82) is 5.26 Å². The summed E-state index contributed by atoms with van der Waals surface area (Å²) in [5.74, 6) is -23.2. The van der Waals surface area contributed by atoms with Gasteiger partial charge in [0, 0.05) is 22.3 Å². The standard InChI is InChI=1S/C38H29NO22/c1-9(6-39)7-57-38-33-32-31(59-35(53)11-3-15(41)25(46)29(50)21(11)22-13(37(55)61-33)5-17(43)26(47)30(22)51)18(58-38)8-56-34(52)10-2-14(40)23(44)27(48)19(10)20-12(36(54)60-32)4-16(42)24(45)28(20)49/h2-5,9,18,31-33,38,40-51H,7-8H2,1H3/t9?,18-,31-,32+,33-,38-/m1/s1. The number of esters is 4. The Morgan fingerprint density at radius 3 is 1.28 bits per heavy atom. The van der Waals surface area contributed by atoms with E-state index in [-0.39, 0.29) is 0 Å². The monoisotopic (exact) mass is 851 g/mol. The Balaban J connectivity index is 1.52. The molecular weight excluding hydrogens is 822 g/mol. The molecule has 4 aromatic rings. The lowest BCUT2D eigenvalue weighted by Gasteiger charge is -2.44. The van der Waals surface area contributed by atoms with Crippen LogP contribution in [0.2, 0.25) is 0 Å². The molecular formula is C38H29NO22. The summed E-state index contributed by atoms with van der Waals surface area (Å²) in [5, 5.41) is 138. The van der Waals surface area contributed by atoms with Crippen LogP contribution in [0.4, 0.5) is 0 Å². The summed E-state index contributed by atoms with van der Waals surface area (Å²) in [4.78, 5) is 56.9. The number of cyclic esters (lactones) is 1. The van der Waals surface area contributed by atoms with Crippen molar-refractivity contribution in [2.75, 3.05) is 13.2 Å². The normalized spacial score (nSPS) is 21.4. The van der Waals surface area contributed by atoms with E-state index in [0.717, 1.165) is 0 Å². The molecule has 7 rings (SSSR count). The van der Waals surface area contributed by atoms with Crippen LogP contribution in [0, 0.1) is 17.2 Å². The van der Waals surface area contributed by atoms with Gasteiger partial charge in [0.2, 0.25) is 23.0 Å². The van der Waals surface area contributed by atoms with Crippen LogP contribution in [-0.2, 0) is 28.4 Å². The average molecular weight is 852 g/mol. The predicted molar refractivity (Wildman–Crippen MR) is 191 cm³/mol. The molecule has 0 aliphatic carbocycles. The Bertz CT molecular complexity index is 2630. The zero-order chi connectivity index (χ0) is 44.5. The summed E-state index contributed by atoms with van der Waals surface area (Å²) in [6.45, 7) is -0.244. The highest BCUT2D eigenvalue weighted by molar-refractivity contribution is 6.10. The van der Waals surface area contributed by atoms with Crippen LogP contribution < -0.4 is 0 Å². The number of benzene rings is 4. The van der Waals surface area contributed by atoms with Gasteiger partial charge in [-0.2, -0.15) is 5.26 Å².